The Morgan fingerprint density at radius 1 is 0.966 bits per heavy atom. The number of quaternary nitrogens is 1. The molecule has 6 nitrogen and oxygen atoms in total. The van der Waals surface area contributed by atoms with Gasteiger partial charge in [-0.1, -0.05) is 37.3 Å². The molecule has 0 aliphatic carbocycles. The maximum absolute atomic E-state index is 12.4. The number of halogens is 2. The second kappa shape index (κ2) is 11.8. The van der Waals surface area contributed by atoms with Gasteiger partial charge in [-0.2, -0.15) is 8.78 Å². The molecule has 0 saturated heterocycles. The topological polar surface area (TPSA) is 84.0 Å². The molecule has 0 fully saturated rings. The Labute approximate surface area is 168 Å². The molecule has 0 spiro atoms. The van der Waals surface area contributed by atoms with Crippen molar-refractivity contribution in [1.29, 1.82) is 0 Å². The van der Waals surface area contributed by atoms with Gasteiger partial charge in [0, 0.05) is 17.7 Å². The maximum atomic E-state index is 12.4. The first kappa shape index (κ1) is 22.3. The first-order valence-electron chi connectivity index (χ1n) is 9.46. The molecule has 0 aliphatic heterocycles. The van der Waals surface area contributed by atoms with Crippen molar-refractivity contribution in [2.75, 3.05) is 19.6 Å². The first-order chi connectivity index (χ1) is 14.0. The molecule has 2 aromatic carbocycles. The van der Waals surface area contributed by atoms with Gasteiger partial charge in [0.15, 0.2) is 6.54 Å². The van der Waals surface area contributed by atoms with E-state index in [-0.39, 0.29) is 36.7 Å². The van der Waals surface area contributed by atoms with E-state index >= 15 is 0 Å². The minimum absolute atomic E-state index is 0.0671. The molecule has 156 valence electrons. The minimum Gasteiger partial charge on any atom is -0.435 e. The van der Waals surface area contributed by atoms with Gasteiger partial charge in [-0.15, -0.1) is 0 Å². The predicted octanol–water partition coefficient (Wildman–Crippen LogP) is 1.58. The molecule has 2 amide bonds. The average Bonchev–Trinajstić information content (AvgIpc) is 2.72. The molecule has 0 aromatic heterocycles. The third-order valence-corrected chi connectivity index (χ3v) is 4.18. The summed E-state index contributed by atoms with van der Waals surface area (Å²) >= 11 is 0. The molecule has 0 unspecified atom stereocenters. The Kier molecular flexibility index (Phi) is 9.04. The van der Waals surface area contributed by atoms with E-state index in [1.54, 1.807) is 12.1 Å². The van der Waals surface area contributed by atoms with E-state index < -0.39 is 6.61 Å². The molecule has 4 N–H and O–H groups in total. The number of benzene rings is 2. The monoisotopic (exact) mass is 406 g/mol. The summed E-state index contributed by atoms with van der Waals surface area (Å²) in [6, 6.07) is 15.7. The minimum atomic E-state index is -2.88. The van der Waals surface area contributed by atoms with Crippen LogP contribution in [0.3, 0.4) is 0 Å². The zero-order valence-electron chi connectivity index (χ0n) is 16.2. The smallest absolute Gasteiger partial charge is 0.387 e. The van der Waals surface area contributed by atoms with Gasteiger partial charge in [-0.05, 0) is 30.7 Å². The lowest BCUT2D eigenvalue weighted by atomic mass is 9.98. The van der Waals surface area contributed by atoms with Crippen LogP contribution in [0.5, 0.6) is 5.75 Å². The summed E-state index contributed by atoms with van der Waals surface area (Å²) in [5, 5.41) is 7.12. The van der Waals surface area contributed by atoms with Gasteiger partial charge in [-0.3, -0.25) is 9.59 Å². The average molecular weight is 406 g/mol. The number of carbonyl (C=O) groups is 2. The van der Waals surface area contributed by atoms with Crippen LogP contribution in [-0.2, 0) is 9.59 Å². The Morgan fingerprint density at radius 2 is 1.62 bits per heavy atom. The van der Waals surface area contributed by atoms with E-state index in [0.717, 1.165) is 17.5 Å². The van der Waals surface area contributed by atoms with Crippen molar-refractivity contribution in [1.82, 2.24) is 10.6 Å². The molecule has 1 atom stereocenters. The summed E-state index contributed by atoms with van der Waals surface area (Å²) in [5.74, 6) is -0.420. The van der Waals surface area contributed by atoms with Crippen LogP contribution in [-0.4, -0.2) is 38.1 Å². The molecule has 0 heterocycles. The number of nitrogens with two attached hydrogens (primary N) is 1. The Morgan fingerprint density at radius 3 is 2.24 bits per heavy atom. The van der Waals surface area contributed by atoms with Gasteiger partial charge in [0.1, 0.15) is 11.8 Å². The summed E-state index contributed by atoms with van der Waals surface area (Å²) in [6.45, 7) is -0.319. The third-order valence-electron chi connectivity index (χ3n) is 4.18. The van der Waals surface area contributed by atoms with E-state index in [0.29, 0.717) is 6.54 Å². The summed E-state index contributed by atoms with van der Waals surface area (Å²) in [5.41, 5.74) is 1.80. The third kappa shape index (κ3) is 7.87. The van der Waals surface area contributed by atoms with E-state index in [9.17, 15) is 18.4 Å². The van der Waals surface area contributed by atoms with E-state index in [1.165, 1.54) is 12.1 Å². The standard InChI is InChI=1S/C21H25F2N3O3/c1-2-12-24-18(27)13-25-19(28)14-26-20(15-6-4-3-5-7-15)16-8-10-17(11-9-16)29-21(22)23/h3-11,20-21,26H,2,12-14H2,1H3,(H,24,27)(H,25,28)/p+1/t20-/m1/s1. The van der Waals surface area contributed by atoms with Crippen molar-refractivity contribution in [3.8, 4) is 5.75 Å². The highest BCUT2D eigenvalue weighted by Gasteiger charge is 2.19. The fourth-order valence-corrected chi connectivity index (χ4v) is 2.78. The van der Waals surface area contributed by atoms with E-state index in [4.69, 9.17) is 0 Å². The molecular formula is C21H26F2N3O3+. The van der Waals surface area contributed by atoms with E-state index in [1.807, 2.05) is 42.6 Å². The van der Waals surface area contributed by atoms with Gasteiger partial charge in [-0.25, -0.2) is 0 Å². The van der Waals surface area contributed by atoms with Crippen LogP contribution < -0.4 is 20.7 Å². The molecule has 8 heteroatoms. The number of amides is 2. The largest absolute Gasteiger partial charge is 0.435 e. The summed E-state index contributed by atoms with van der Waals surface area (Å²) in [7, 11) is 0. The number of nitrogens with one attached hydrogen (secondary N) is 2. The highest BCUT2D eigenvalue weighted by atomic mass is 19.3. The lowest BCUT2D eigenvalue weighted by molar-refractivity contribution is -0.676. The highest BCUT2D eigenvalue weighted by molar-refractivity contribution is 5.84. The summed E-state index contributed by atoms with van der Waals surface area (Å²) < 4.78 is 29.1. The van der Waals surface area contributed by atoms with Gasteiger partial charge in [0.2, 0.25) is 5.91 Å². The molecule has 2 aromatic rings. The second-order valence-corrected chi connectivity index (χ2v) is 6.40. The zero-order chi connectivity index (χ0) is 21.1. The molecule has 0 saturated carbocycles. The number of hydrogen-bond acceptors (Lipinski definition) is 3. The molecule has 0 bridgehead atoms. The lowest BCUT2D eigenvalue weighted by Crippen LogP contribution is -2.87. The quantitative estimate of drug-likeness (QED) is 0.530. The molecular weight excluding hydrogens is 380 g/mol. The predicted molar refractivity (Wildman–Crippen MR) is 104 cm³/mol. The van der Waals surface area contributed by atoms with Crippen LogP contribution in [0.1, 0.15) is 30.5 Å². The van der Waals surface area contributed by atoms with Crippen molar-refractivity contribution in [3.05, 3.63) is 65.7 Å². The normalized spacial score (nSPS) is 11.7. The van der Waals surface area contributed by atoms with Crippen molar-refractivity contribution in [2.45, 2.75) is 26.0 Å². The van der Waals surface area contributed by atoms with Crippen LogP contribution in [0.4, 0.5) is 8.78 Å². The van der Waals surface area contributed by atoms with Gasteiger partial charge in [0.25, 0.3) is 5.91 Å². The maximum Gasteiger partial charge on any atom is 0.387 e. The first-order valence-corrected chi connectivity index (χ1v) is 9.46. The zero-order valence-corrected chi connectivity index (χ0v) is 16.2. The number of alkyl halides is 2. The van der Waals surface area contributed by atoms with Crippen molar-refractivity contribution in [2.24, 2.45) is 0 Å². The SMILES string of the molecule is CCCNC(=O)CNC(=O)C[NH2+][C@H](c1ccccc1)c1ccc(OC(F)F)cc1. The molecule has 0 radical (unpaired) electrons. The van der Waals surface area contributed by atoms with Crippen LogP contribution in [0.2, 0.25) is 0 Å². The van der Waals surface area contributed by atoms with Crippen LogP contribution in [0, 0.1) is 0 Å². The number of carbonyl (C=O) groups excluding carboxylic acids is 2. The molecule has 0 aliphatic rings. The number of hydrogen-bond donors (Lipinski definition) is 3. The summed E-state index contributed by atoms with van der Waals surface area (Å²) in [4.78, 5) is 23.7. The number of ether oxygens (including phenoxy) is 1. The van der Waals surface area contributed by atoms with Crippen molar-refractivity contribution < 1.29 is 28.4 Å². The molecule has 2 rings (SSSR count). The fraction of sp³-hybridized carbons (Fsp3) is 0.333. The highest BCUT2D eigenvalue weighted by Crippen LogP contribution is 2.22. The van der Waals surface area contributed by atoms with Crippen LogP contribution in [0.15, 0.2) is 54.6 Å². The Balaban J connectivity index is 2.00. The molecule has 29 heavy (non-hydrogen) atoms. The van der Waals surface area contributed by atoms with Gasteiger partial charge < -0.3 is 20.7 Å². The number of rotatable bonds is 11. The van der Waals surface area contributed by atoms with Crippen molar-refractivity contribution in [3.63, 3.8) is 0 Å². The summed E-state index contributed by atoms with van der Waals surface area (Å²) in [6.07, 6.45) is 0.827. The fourth-order valence-electron chi connectivity index (χ4n) is 2.78. The van der Waals surface area contributed by atoms with Gasteiger partial charge >= 0.3 is 6.61 Å². The van der Waals surface area contributed by atoms with E-state index in [2.05, 4.69) is 15.4 Å². The van der Waals surface area contributed by atoms with Crippen LogP contribution >= 0.6 is 0 Å². The lowest BCUT2D eigenvalue weighted by Gasteiger charge is -2.17. The van der Waals surface area contributed by atoms with Gasteiger partial charge in [0.05, 0.1) is 6.54 Å². The second-order valence-electron chi connectivity index (χ2n) is 6.40. The van der Waals surface area contributed by atoms with Crippen molar-refractivity contribution >= 4 is 11.8 Å². The Bertz CT molecular complexity index is 771. The Hall–Kier alpha value is -3.00. The van der Waals surface area contributed by atoms with Crippen LogP contribution in [0.25, 0.3) is 0 Å².